The molecule has 0 saturated carbocycles. The molecule has 94 valence electrons. The number of rotatable bonds is 4. The van der Waals surface area contributed by atoms with Crippen LogP contribution in [-0.2, 0) is 6.54 Å². The highest BCUT2D eigenvalue weighted by molar-refractivity contribution is 5.87. The Balaban J connectivity index is 2.13. The summed E-state index contributed by atoms with van der Waals surface area (Å²) < 4.78 is 0. The Morgan fingerprint density at radius 3 is 2.89 bits per heavy atom. The lowest BCUT2D eigenvalue weighted by molar-refractivity contribution is 0.0697. The second kappa shape index (κ2) is 5.60. The summed E-state index contributed by atoms with van der Waals surface area (Å²) in [5.74, 6) is -0.593. The van der Waals surface area contributed by atoms with E-state index in [1.54, 1.807) is 18.2 Å². The molecule has 0 fully saturated rings. The number of nitrogens with zero attached hydrogens (tertiary/aromatic N) is 3. The Labute approximate surface area is 109 Å². The van der Waals surface area contributed by atoms with Crippen LogP contribution >= 0.6 is 0 Å². The molecule has 2 aromatic rings. The van der Waals surface area contributed by atoms with E-state index < -0.39 is 5.97 Å². The van der Waals surface area contributed by atoms with Gasteiger partial charge in [-0.3, -0.25) is 0 Å². The molecule has 1 aromatic carbocycles. The molecule has 6 heteroatoms. The summed E-state index contributed by atoms with van der Waals surface area (Å²) in [4.78, 5) is 18.7. The van der Waals surface area contributed by atoms with Crippen molar-refractivity contribution in [2.75, 3.05) is 5.32 Å². The van der Waals surface area contributed by atoms with E-state index >= 15 is 0 Å². The number of hydrogen-bond acceptors (Lipinski definition) is 5. The molecule has 0 aliphatic carbocycles. The van der Waals surface area contributed by atoms with E-state index in [-0.39, 0.29) is 11.3 Å². The summed E-state index contributed by atoms with van der Waals surface area (Å²) in [7, 11) is 0. The minimum atomic E-state index is -0.973. The monoisotopic (exact) mass is 254 g/mol. The van der Waals surface area contributed by atoms with Gasteiger partial charge in [0.2, 0.25) is 0 Å². The van der Waals surface area contributed by atoms with E-state index in [9.17, 15) is 4.79 Å². The van der Waals surface area contributed by atoms with Crippen molar-refractivity contribution in [2.45, 2.75) is 6.54 Å². The van der Waals surface area contributed by atoms with E-state index in [2.05, 4.69) is 15.3 Å². The molecule has 0 atom stereocenters. The standard InChI is InChI=1S/C13H10N4O2/c14-7-11-12(16-5-4-15-11)17-8-9-2-1-3-10(6-9)13(18)19/h1-6H,8H2,(H,16,17)(H,18,19). The Morgan fingerprint density at radius 2 is 2.16 bits per heavy atom. The fraction of sp³-hybridized carbons (Fsp3) is 0.0769. The van der Waals surface area contributed by atoms with Crippen LogP contribution in [0.3, 0.4) is 0 Å². The largest absolute Gasteiger partial charge is 0.478 e. The van der Waals surface area contributed by atoms with Gasteiger partial charge in [0.05, 0.1) is 5.56 Å². The average Bonchev–Trinajstić information content (AvgIpc) is 2.45. The lowest BCUT2D eigenvalue weighted by atomic mass is 10.1. The molecule has 0 bridgehead atoms. The first-order valence-electron chi connectivity index (χ1n) is 5.48. The maximum atomic E-state index is 10.8. The minimum Gasteiger partial charge on any atom is -0.478 e. The van der Waals surface area contributed by atoms with Crippen LogP contribution in [-0.4, -0.2) is 21.0 Å². The van der Waals surface area contributed by atoms with Crippen LogP contribution in [0.4, 0.5) is 5.82 Å². The molecule has 2 N–H and O–H groups in total. The summed E-state index contributed by atoms with van der Waals surface area (Å²) in [6.45, 7) is 0.370. The van der Waals surface area contributed by atoms with Gasteiger partial charge in [-0.1, -0.05) is 12.1 Å². The number of carboxylic acid groups (broad SMARTS) is 1. The predicted molar refractivity (Wildman–Crippen MR) is 67.5 cm³/mol. The molecule has 0 aliphatic rings. The Bertz CT molecular complexity index is 649. The molecule has 0 spiro atoms. The number of nitrogens with one attached hydrogen (secondary N) is 1. The zero-order chi connectivity index (χ0) is 13.7. The van der Waals surface area contributed by atoms with E-state index in [1.807, 2.05) is 6.07 Å². The van der Waals surface area contributed by atoms with Crippen LogP contribution < -0.4 is 5.32 Å². The maximum absolute atomic E-state index is 10.8. The van der Waals surface area contributed by atoms with E-state index in [0.29, 0.717) is 12.4 Å². The second-order valence-corrected chi connectivity index (χ2v) is 3.72. The molecule has 2 rings (SSSR count). The molecule has 0 aliphatic heterocycles. The van der Waals surface area contributed by atoms with Crippen LogP contribution in [0.1, 0.15) is 21.6 Å². The smallest absolute Gasteiger partial charge is 0.335 e. The first-order chi connectivity index (χ1) is 9.20. The summed E-state index contributed by atoms with van der Waals surface area (Å²) in [5.41, 5.74) is 1.21. The van der Waals surface area contributed by atoms with Crippen molar-refractivity contribution in [3.05, 3.63) is 53.5 Å². The highest BCUT2D eigenvalue weighted by Gasteiger charge is 2.05. The van der Waals surface area contributed by atoms with E-state index in [1.165, 1.54) is 18.5 Å². The van der Waals surface area contributed by atoms with Gasteiger partial charge in [0.15, 0.2) is 11.5 Å². The average molecular weight is 254 g/mol. The first-order valence-corrected chi connectivity index (χ1v) is 5.48. The lowest BCUT2D eigenvalue weighted by Gasteiger charge is -2.06. The number of anilines is 1. The molecule has 0 radical (unpaired) electrons. The van der Waals surface area contributed by atoms with Crippen molar-refractivity contribution in [3.8, 4) is 6.07 Å². The third-order valence-electron chi connectivity index (χ3n) is 2.44. The Morgan fingerprint density at radius 1 is 1.37 bits per heavy atom. The SMILES string of the molecule is N#Cc1nccnc1NCc1cccc(C(=O)O)c1. The predicted octanol–water partition coefficient (Wildman–Crippen LogP) is 1.66. The van der Waals surface area contributed by atoms with Gasteiger partial charge in [0, 0.05) is 18.9 Å². The minimum absolute atomic E-state index is 0.205. The molecule has 1 heterocycles. The number of nitriles is 1. The van der Waals surface area contributed by atoms with Gasteiger partial charge in [-0.2, -0.15) is 5.26 Å². The number of carbonyl (C=O) groups is 1. The van der Waals surface area contributed by atoms with Crippen LogP contribution in [0.25, 0.3) is 0 Å². The van der Waals surface area contributed by atoms with Crippen LogP contribution in [0, 0.1) is 11.3 Å². The highest BCUT2D eigenvalue weighted by atomic mass is 16.4. The van der Waals surface area contributed by atoms with E-state index in [4.69, 9.17) is 10.4 Å². The molecular formula is C13H10N4O2. The van der Waals surface area contributed by atoms with Gasteiger partial charge in [0.25, 0.3) is 0 Å². The first kappa shape index (κ1) is 12.5. The summed E-state index contributed by atoms with van der Waals surface area (Å²) in [6, 6.07) is 8.48. The second-order valence-electron chi connectivity index (χ2n) is 3.72. The summed E-state index contributed by atoms with van der Waals surface area (Å²) >= 11 is 0. The molecule has 0 amide bonds. The lowest BCUT2D eigenvalue weighted by Crippen LogP contribution is -2.05. The van der Waals surface area contributed by atoms with Gasteiger partial charge in [-0.15, -0.1) is 0 Å². The number of aromatic nitrogens is 2. The third kappa shape index (κ3) is 3.04. The highest BCUT2D eigenvalue weighted by Crippen LogP contribution is 2.10. The number of benzene rings is 1. The van der Waals surface area contributed by atoms with Crippen molar-refractivity contribution in [2.24, 2.45) is 0 Å². The third-order valence-corrected chi connectivity index (χ3v) is 2.44. The van der Waals surface area contributed by atoms with Gasteiger partial charge < -0.3 is 10.4 Å². The molecule has 19 heavy (non-hydrogen) atoms. The molecular weight excluding hydrogens is 244 g/mol. The van der Waals surface area contributed by atoms with Gasteiger partial charge in [-0.25, -0.2) is 14.8 Å². The zero-order valence-corrected chi connectivity index (χ0v) is 9.87. The van der Waals surface area contributed by atoms with E-state index in [0.717, 1.165) is 5.56 Å². The van der Waals surface area contributed by atoms with Crippen molar-refractivity contribution < 1.29 is 9.90 Å². The molecule has 0 saturated heterocycles. The fourth-order valence-corrected chi connectivity index (χ4v) is 1.55. The fourth-order valence-electron chi connectivity index (χ4n) is 1.55. The topological polar surface area (TPSA) is 98.9 Å². The number of carboxylic acids is 1. The van der Waals surface area contributed by atoms with Crippen molar-refractivity contribution in [1.82, 2.24) is 9.97 Å². The number of aromatic carboxylic acids is 1. The normalized spacial score (nSPS) is 9.63. The molecule has 0 unspecified atom stereocenters. The zero-order valence-electron chi connectivity index (χ0n) is 9.87. The van der Waals surface area contributed by atoms with Gasteiger partial charge in [-0.05, 0) is 17.7 Å². The van der Waals surface area contributed by atoms with Crippen LogP contribution in [0.5, 0.6) is 0 Å². The van der Waals surface area contributed by atoms with Crippen molar-refractivity contribution in [1.29, 1.82) is 5.26 Å². The quantitative estimate of drug-likeness (QED) is 0.860. The van der Waals surface area contributed by atoms with Crippen LogP contribution in [0.2, 0.25) is 0 Å². The van der Waals surface area contributed by atoms with Crippen molar-refractivity contribution in [3.63, 3.8) is 0 Å². The van der Waals surface area contributed by atoms with Gasteiger partial charge >= 0.3 is 5.97 Å². The molecule has 6 nitrogen and oxygen atoms in total. The van der Waals surface area contributed by atoms with Crippen LogP contribution in [0.15, 0.2) is 36.7 Å². The number of hydrogen-bond donors (Lipinski definition) is 2. The van der Waals surface area contributed by atoms with Gasteiger partial charge in [0.1, 0.15) is 6.07 Å². The molecule has 1 aromatic heterocycles. The summed E-state index contributed by atoms with van der Waals surface area (Å²) in [6.07, 6.45) is 2.92. The van der Waals surface area contributed by atoms with Crippen molar-refractivity contribution >= 4 is 11.8 Å². The summed E-state index contributed by atoms with van der Waals surface area (Å²) in [5, 5.41) is 20.7. The Hall–Kier alpha value is -2.94. The maximum Gasteiger partial charge on any atom is 0.335 e. The Kier molecular flexibility index (Phi) is 3.69.